The molecule has 2 aromatic carbocycles. The van der Waals surface area contributed by atoms with Gasteiger partial charge in [-0.3, -0.25) is 4.57 Å². The van der Waals surface area contributed by atoms with E-state index in [-0.39, 0.29) is 6.10 Å². The molecule has 0 aliphatic carbocycles. The lowest BCUT2D eigenvalue weighted by atomic mass is 10.1. The standard InChI is InChI=1S/C18H19O4P/c1-20-23(19,21-2)18(16-11-7-4-8-12-16)17(22-18)14-13-15-9-5-3-6-10-15/h3-14,17H,1-2H3/b14-13+/t17-,18+/m0/s1. The molecule has 5 heteroatoms. The summed E-state index contributed by atoms with van der Waals surface area (Å²) in [5.74, 6) is 0. The van der Waals surface area contributed by atoms with Crippen molar-refractivity contribution in [1.29, 1.82) is 0 Å². The van der Waals surface area contributed by atoms with Crippen LogP contribution in [-0.4, -0.2) is 20.3 Å². The molecule has 0 saturated carbocycles. The van der Waals surface area contributed by atoms with Gasteiger partial charge in [0.2, 0.25) is 5.34 Å². The second-order valence-corrected chi connectivity index (χ2v) is 7.62. The van der Waals surface area contributed by atoms with Crippen molar-refractivity contribution in [2.75, 3.05) is 14.2 Å². The first-order chi connectivity index (χ1) is 11.2. The zero-order chi connectivity index (χ0) is 16.3. The van der Waals surface area contributed by atoms with E-state index in [2.05, 4.69) is 0 Å². The molecule has 0 amide bonds. The van der Waals surface area contributed by atoms with E-state index in [1.807, 2.05) is 72.8 Å². The lowest BCUT2D eigenvalue weighted by Crippen LogP contribution is -2.15. The highest BCUT2D eigenvalue weighted by Gasteiger charge is 2.70. The van der Waals surface area contributed by atoms with Crippen molar-refractivity contribution in [1.82, 2.24) is 0 Å². The maximum atomic E-state index is 13.1. The highest BCUT2D eigenvalue weighted by molar-refractivity contribution is 7.55. The van der Waals surface area contributed by atoms with Gasteiger partial charge in [0, 0.05) is 14.2 Å². The topological polar surface area (TPSA) is 48.1 Å². The Morgan fingerprint density at radius 1 is 1.00 bits per heavy atom. The summed E-state index contributed by atoms with van der Waals surface area (Å²) in [5.41, 5.74) is 1.84. The van der Waals surface area contributed by atoms with Crippen LogP contribution in [0.5, 0.6) is 0 Å². The minimum atomic E-state index is -3.45. The quantitative estimate of drug-likeness (QED) is 0.580. The van der Waals surface area contributed by atoms with Gasteiger partial charge in [0.25, 0.3) is 0 Å². The first kappa shape index (κ1) is 16.2. The molecule has 1 heterocycles. The van der Waals surface area contributed by atoms with Crippen molar-refractivity contribution in [2.24, 2.45) is 0 Å². The fourth-order valence-electron chi connectivity index (χ4n) is 2.73. The van der Waals surface area contributed by atoms with Crippen LogP contribution in [0.4, 0.5) is 0 Å². The number of benzene rings is 2. The van der Waals surface area contributed by atoms with Gasteiger partial charge in [0.1, 0.15) is 6.10 Å². The second kappa shape index (κ2) is 6.42. The van der Waals surface area contributed by atoms with E-state index in [4.69, 9.17) is 13.8 Å². The molecule has 3 rings (SSSR count). The SMILES string of the molecule is COP(=O)(OC)[C@@]1(c2ccccc2)O[C@H]1/C=C/c1ccccc1. The molecular weight excluding hydrogens is 311 g/mol. The van der Waals surface area contributed by atoms with Crippen LogP contribution in [0.2, 0.25) is 0 Å². The minimum Gasteiger partial charge on any atom is -0.344 e. The van der Waals surface area contributed by atoms with Gasteiger partial charge in [-0.25, -0.2) is 0 Å². The molecule has 23 heavy (non-hydrogen) atoms. The van der Waals surface area contributed by atoms with Gasteiger partial charge in [-0.1, -0.05) is 72.8 Å². The Morgan fingerprint density at radius 2 is 1.57 bits per heavy atom. The molecule has 0 radical (unpaired) electrons. The van der Waals surface area contributed by atoms with Crippen molar-refractivity contribution in [3.05, 3.63) is 77.9 Å². The zero-order valence-corrected chi connectivity index (χ0v) is 14.0. The third-order valence-electron chi connectivity index (χ3n) is 3.97. The lowest BCUT2D eigenvalue weighted by molar-refractivity contribution is 0.229. The van der Waals surface area contributed by atoms with Crippen LogP contribution in [0.15, 0.2) is 66.7 Å². The maximum absolute atomic E-state index is 13.1. The third-order valence-corrected chi connectivity index (χ3v) is 6.37. The Balaban J connectivity index is 1.95. The predicted molar refractivity (Wildman–Crippen MR) is 90.1 cm³/mol. The Bertz CT molecular complexity index is 721. The molecule has 0 aromatic heterocycles. The Labute approximate surface area is 136 Å². The van der Waals surface area contributed by atoms with Gasteiger partial charge in [0.05, 0.1) is 0 Å². The first-order valence-electron chi connectivity index (χ1n) is 7.34. The van der Waals surface area contributed by atoms with Crippen LogP contribution in [0.1, 0.15) is 11.1 Å². The summed E-state index contributed by atoms with van der Waals surface area (Å²) in [6.07, 6.45) is 3.48. The summed E-state index contributed by atoms with van der Waals surface area (Å²) >= 11 is 0. The molecule has 0 bridgehead atoms. The number of hydrogen-bond acceptors (Lipinski definition) is 4. The molecule has 4 nitrogen and oxygen atoms in total. The monoisotopic (exact) mass is 330 g/mol. The van der Waals surface area contributed by atoms with Crippen LogP contribution >= 0.6 is 7.60 Å². The van der Waals surface area contributed by atoms with Crippen molar-refractivity contribution >= 4 is 13.7 Å². The zero-order valence-electron chi connectivity index (χ0n) is 13.1. The molecule has 0 unspecified atom stereocenters. The molecule has 0 N–H and O–H groups in total. The molecule has 1 aliphatic rings. The van der Waals surface area contributed by atoms with Gasteiger partial charge >= 0.3 is 7.60 Å². The molecule has 1 aliphatic heterocycles. The molecule has 120 valence electrons. The second-order valence-electron chi connectivity index (χ2n) is 5.23. The molecular formula is C18H19O4P. The first-order valence-corrected chi connectivity index (χ1v) is 8.89. The van der Waals surface area contributed by atoms with E-state index in [1.54, 1.807) is 0 Å². The van der Waals surface area contributed by atoms with E-state index in [0.717, 1.165) is 11.1 Å². The summed E-state index contributed by atoms with van der Waals surface area (Å²) < 4.78 is 29.4. The smallest absolute Gasteiger partial charge is 0.344 e. The molecule has 1 saturated heterocycles. The summed E-state index contributed by atoms with van der Waals surface area (Å²) in [5, 5.41) is -1.08. The normalized spacial score (nSPS) is 24.0. The van der Waals surface area contributed by atoms with Crippen LogP contribution in [0.25, 0.3) is 6.08 Å². The number of rotatable bonds is 6. The van der Waals surface area contributed by atoms with Crippen LogP contribution in [0.3, 0.4) is 0 Å². The largest absolute Gasteiger partial charge is 0.369 e. The average Bonchev–Trinajstić information content (AvgIpc) is 3.37. The molecule has 0 spiro atoms. The number of hydrogen-bond donors (Lipinski definition) is 0. The highest BCUT2D eigenvalue weighted by Crippen LogP contribution is 2.74. The maximum Gasteiger partial charge on any atom is 0.369 e. The van der Waals surface area contributed by atoms with Crippen molar-refractivity contribution in [3.63, 3.8) is 0 Å². The van der Waals surface area contributed by atoms with Crippen molar-refractivity contribution in [2.45, 2.75) is 11.4 Å². The molecule has 1 fully saturated rings. The van der Waals surface area contributed by atoms with Crippen molar-refractivity contribution < 1.29 is 18.3 Å². The van der Waals surface area contributed by atoms with Gasteiger partial charge in [-0.15, -0.1) is 0 Å². The number of ether oxygens (including phenoxy) is 1. The van der Waals surface area contributed by atoms with Crippen LogP contribution in [0, 0.1) is 0 Å². The number of epoxide rings is 1. The van der Waals surface area contributed by atoms with Gasteiger partial charge in [-0.2, -0.15) is 0 Å². The van der Waals surface area contributed by atoms with Gasteiger partial charge in [-0.05, 0) is 11.1 Å². The highest BCUT2D eigenvalue weighted by atomic mass is 31.2. The van der Waals surface area contributed by atoms with E-state index >= 15 is 0 Å². The fourth-order valence-corrected chi connectivity index (χ4v) is 4.52. The van der Waals surface area contributed by atoms with Crippen LogP contribution in [-0.2, 0) is 23.7 Å². The van der Waals surface area contributed by atoms with Gasteiger partial charge in [0.15, 0.2) is 0 Å². The Morgan fingerprint density at radius 3 is 2.13 bits per heavy atom. The Kier molecular flexibility index (Phi) is 4.51. The van der Waals surface area contributed by atoms with E-state index in [9.17, 15) is 4.57 Å². The predicted octanol–water partition coefficient (Wildman–Crippen LogP) is 4.44. The summed E-state index contributed by atoms with van der Waals surface area (Å²) in [6, 6.07) is 19.3. The van der Waals surface area contributed by atoms with E-state index < -0.39 is 12.9 Å². The minimum absolute atomic E-state index is 0.365. The molecule has 2 atom stereocenters. The van der Waals surface area contributed by atoms with Crippen molar-refractivity contribution in [3.8, 4) is 0 Å². The fraction of sp³-hybridized carbons (Fsp3) is 0.222. The molecule has 2 aromatic rings. The van der Waals surface area contributed by atoms with Crippen LogP contribution < -0.4 is 0 Å². The van der Waals surface area contributed by atoms with E-state index in [0.29, 0.717) is 0 Å². The third kappa shape index (κ3) is 2.79. The van der Waals surface area contributed by atoms with E-state index in [1.165, 1.54) is 14.2 Å². The summed E-state index contributed by atoms with van der Waals surface area (Å²) in [4.78, 5) is 0. The average molecular weight is 330 g/mol. The Hall–Kier alpha value is -1.71. The summed E-state index contributed by atoms with van der Waals surface area (Å²) in [7, 11) is -0.679. The van der Waals surface area contributed by atoms with Gasteiger partial charge < -0.3 is 13.8 Å². The lowest BCUT2D eigenvalue weighted by Gasteiger charge is -2.21. The summed E-state index contributed by atoms with van der Waals surface area (Å²) in [6.45, 7) is 0.